The van der Waals surface area contributed by atoms with Gasteiger partial charge in [-0.15, -0.1) is 0 Å². The SMILES string of the molecule is COCc1nc([C@H]2CN(C(=O)Cc3cccc(F)c3)C[C@@H]2C2CC2)n[nH]1. The van der Waals surface area contributed by atoms with Crippen LogP contribution in [0.5, 0.6) is 0 Å². The fourth-order valence-corrected chi connectivity index (χ4v) is 3.92. The predicted octanol–water partition coefficient (Wildman–Crippen LogP) is 2.28. The largest absolute Gasteiger partial charge is 0.377 e. The monoisotopic (exact) mass is 358 g/mol. The summed E-state index contributed by atoms with van der Waals surface area (Å²) in [5.74, 6) is 2.42. The number of rotatable bonds is 6. The van der Waals surface area contributed by atoms with Crippen molar-refractivity contribution in [2.24, 2.45) is 11.8 Å². The Morgan fingerprint density at radius 2 is 2.23 bits per heavy atom. The first-order chi connectivity index (χ1) is 12.6. The van der Waals surface area contributed by atoms with Gasteiger partial charge >= 0.3 is 0 Å². The number of amides is 1. The highest BCUT2D eigenvalue weighted by molar-refractivity contribution is 5.79. The maximum absolute atomic E-state index is 13.4. The zero-order valence-corrected chi connectivity index (χ0v) is 14.8. The molecular formula is C19H23FN4O2. The highest BCUT2D eigenvalue weighted by Gasteiger charge is 2.45. The minimum Gasteiger partial charge on any atom is -0.377 e. The van der Waals surface area contributed by atoms with E-state index in [2.05, 4.69) is 15.2 Å². The summed E-state index contributed by atoms with van der Waals surface area (Å²) in [6.07, 6.45) is 2.65. The van der Waals surface area contributed by atoms with Gasteiger partial charge < -0.3 is 9.64 Å². The van der Waals surface area contributed by atoms with E-state index in [4.69, 9.17) is 4.74 Å². The van der Waals surface area contributed by atoms with Crippen LogP contribution in [-0.4, -0.2) is 46.2 Å². The van der Waals surface area contributed by atoms with E-state index in [-0.39, 0.29) is 24.1 Å². The molecule has 138 valence electrons. The summed E-state index contributed by atoms with van der Waals surface area (Å²) < 4.78 is 18.5. The lowest BCUT2D eigenvalue weighted by Crippen LogP contribution is -2.30. The van der Waals surface area contributed by atoms with E-state index in [1.54, 1.807) is 19.2 Å². The first kappa shape index (κ1) is 17.1. The molecule has 1 N–H and O–H groups in total. The molecule has 6 nitrogen and oxygen atoms in total. The third-order valence-electron chi connectivity index (χ3n) is 5.35. The van der Waals surface area contributed by atoms with Gasteiger partial charge in [-0.25, -0.2) is 9.37 Å². The van der Waals surface area contributed by atoms with Crippen molar-refractivity contribution in [2.75, 3.05) is 20.2 Å². The third-order valence-corrected chi connectivity index (χ3v) is 5.35. The van der Waals surface area contributed by atoms with Crippen LogP contribution in [-0.2, 0) is 22.6 Å². The number of H-pyrrole nitrogens is 1. The second kappa shape index (κ2) is 7.15. The summed E-state index contributed by atoms with van der Waals surface area (Å²) >= 11 is 0. The van der Waals surface area contributed by atoms with Crippen molar-refractivity contribution < 1.29 is 13.9 Å². The van der Waals surface area contributed by atoms with Gasteiger partial charge in [-0.1, -0.05) is 12.1 Å². The fraction of sp³-hybridized carbons (Fsp3) is 0.526. The molecule has 2 aromatic rings. The van der Waals surface area contributed by atoms with Gasteiger partial charge in [-0.3, -0.25) is 9.89 Å². The smallest absolute Gasteiger partial charge is 0.227 e. The van der Waals surface area contributed by atoms with E-state index < -0.39 is 0 Å². The van der Waals surface area contributed by atoms with E-state index in [1.807, 2.05) is 4.90 Å². The summed E-state index contributed by atoms with van der Waals surface area (Å²) in [5, 5.41) is 7.29. The van der Waals surface area contributed by atoms with E-state index in [1.165, 1.54) is 25.0 Å². The van der Waals surface area contributed by atoms with Crippen molar-refractivity contribution in [3.63, 3.8) is 0 Å². The first-order valence-corrected chi connectivity index (χ1v) is 9.06. The molecule has 1 aliphatic carbocycles. The number of nitrogens with zero attached hydrogens (tertiary/aromatic N) is 3. The number of aromatic nitrogens is 3. The molecule has 1 amide bonds. The molecule has 1 saturated heterocycles. The molecule has 4 rings (SSSR count). The summed E-state index contributed by atoms with van der Waals surface area (Å²) in [6, 6.07) is 6.25. The Bertz CT molecular complexity index is 789. The Labute approximate surface area is 151 Å². The maximum Gasteiger partial charge on any atom is 0.227 e. The Kier molecular flexibility index (Phi) is 4.72. The molecule has 0 unspecified atom stereocenters. The molecule has 2 fully saturated rings. The molecule has 0 spiro atoms. The summed E-state index contributed by atoms with van der Waals surface area (Å²) in [6.45, 7) is 1.76. The van der Waals surface area contributed by atoms with Gasteiger partial charge in [0.25, 0.3) is 0 Å². The second-order valence-corrected chi connectivity index (χ2v) is 7.29. The topological polar surface area (TPSA) is 71.1 Å². The van der Waals surface area contributed by atoms with Crippen LogP contribution < -0.4 is 0 Å². The van der Waals surface area contributed by atoms with Crippen LogP contribution in [0, 0.1) is 17.7 Å². The van der Waals surface area contributed by atoms with Gasteiger partial charge in [-0.2, -0.15) is 5.10 Å². The van der Waals surface area contributed by atoms with Gasteiger partial charge in [-0.05, 0) is 42.4 Å². The summed E-state index contributed by atoms with van der Waals surface area (Å²) in [4.78, 5) is 19.2. The number of nitrogens with one attached hydrogen (secondary N) is 1. The average molecular weight is 358 g/mol. The standard InChI is InChI=1S/C19H23FN4O2/c1-26-11-17-21-19(23-22-17)16-10-24(9-15(16)13-5-6-13)18(25)8-12-3-2-4-14(20)7-12/h2-4,7,13,15-16H,5-6,8-11H2,1H3,(H,21,22,23)/t15-,16+/m1/s1. The maximum atomic E-state index is 13.4. The number of benzene rings is 1. The number of hydrogen-bond acceptors (Lipinski definition) is 4. The van der Waals surface area contributed by atoms with Gasteiger partial charge in [0.05, 0.1) is 6.42 Å². The number of hydrogen-bond donors (Lipinski definition) is 1. The molecule has 2 atom stereocenters. The van der Waals surface area contributed by atoms with Gasteiger partial charge in [0.1, 0.15) is 12.4 Å². The highest BCUT2D eigenvalue weighted by Crippen LogP contribution is 2.47. The van der Waals surface area contributed by atoms with Gasteiger partial charge in [0.2, 0.25) is 5.91 Å². The van der Waals surface area contributed by atoms with Crippen LogP contribution in [0.4, 0.5) is 4.39 Å². The van der Waals surface area contributed by atoms with Crippen molar-refractivity contribution in [2.45, 2.75) is 31.8 Å². The van der Waals surface area contributed by atoms with Gasteiger partial charge in [0.15, 0.2) is 11.6 Å². The summed E-state index contributed by atoms with van der Waals surface area (Å²) in [7, 11) is 1.62. The van der Waals surface area contributed by atoms with E-state index in [0.29, 0.717) is 36.4 Å². The normalized spacial score (nSPS) is 22.8. The number of ether oxygens (including phenoxy) is 1. The minimum absolute atomic E-state index is 0.0383. The lowest BCUT2D eigenvalue weighted by atomic mass is 9.91. The zero-order valence-electron chi connectivity index (χ0n) is 14.8. The van der Waals surface area contributed by atoms with Crippen molar-refractivity contribution in [1.29, 1.82) is 0 Å². The van der Waals surface area contributed by atoms with Crippen molar-refractivity contribution in [3.05, 3.63) is 47.3 Å². The van der Waals surface area contributed by atoms with Crippen LogP contribution in [0.1, 0.15) is 36.0 Å². The molecule has 2 heterocycles. The van der Waals surface area contributed by atoms with E-state index in [0.717, 1.165) is 12.4 Å². The third kappa shape index (κ3) is 3.62. The minimum atomic E-state index is -0.308. The predicted molar refractivity (Wildman–Crippen MR) is 92.7 cm³/mol. The zero-order chi connectivity index (χ0) is 18.1. The number of carbonyl (C=O) groups excluding carboxylic acids is 1. The lowest BCUT2D eigenvalue weighted by Gasteiger charge is -2.16. The molecule has 2 aliphatic rings. The Balaban J connectivity index is 1.47. The van der Waals surface area contributed by atoms with Crippen LogP contribution in [0.2, 0.25) is 0 Å². The first-order valence-electron chi connectivity index (χ1n) is 9.06. The summed E-state index contributed by atoms with van der Waals surface area (Å²) in [5.41, 5.74) is 0.710. The number of halogens is 1. The quantitative estimate of drug-likeness (QED) is 0.860. The number of aromatic amines is 1. The fourth-order valence-electron chi connectivity index (χ4n) is 3.92. The Morgan fingerprint density at radius 1 is 1.38 bits per heavy atom. The van der Waals surface area contributed by atoms with Gasteiger partial charge in [0, 0.05) is 26.1 Å². The molecule has 1 aromatic heterocycles. The molecule has 0 radical (unpaired) electrons. The molecule has 26 heavy (non-hydrogen) atoms. The molecular weight excluding hydrogens is 335 g/mol. The average Bonchev–Trinajstić information content (AvgIpc) is 3.18. The number of likely N-dealkylation sites (tertiary alicyclic amines) is 1. The van der Waals surface area contributed by atoms with Crippen LogP contribution in [0.15, 0.2) is 24.3 Å². The van der Waals surface area contributed by atoms with E-state index >= 15 is 0 Å². The van der Waals surface area contributed by atoms with Crippen molar-refractivity contribution in [1.82, 2.24) is 20.1 Å². The molecule has 1 saturated carbocycles. The molecule has 0 bridgehead atoms. The molecule has 1 aliphatic heterocycles. The molecule has 1 aromatic carbocycles. The number of methoxy groups -OCH3 is 1. The Hall–Kier alpha value is -2.28. The van der Waals surface area contributed by atoms with Crippen molar-refractivity contribution >= 4 is 5.91 Å². The lowest BCUT2D eigenvalue weighted by molar-refractivity contribution is -0.129. The van der Waals surface area contributed by atoms with Crippen LogP contribution in [0.3, 0.4) is 0 Å². The highest BCUT2D eigenvalue weighted by atomic mass is 19.1. The van der Waals surface area contributed by atoms with Crippen molar-refractivity contribution in [3.8, 4) is 0 Å². The second-order valence-electron chi connectivity index (χ2n) is 7.29. The number of carbonyl (C=O) groups is 1. The Morgan fingerprint density at radius 3 is 2.96 bits per heavy atom. The van der Waals surface area contributed by atoms with Crippen LogP contribution in [0.25, 0.3) is 0 Å². The van der Waals surface area contributed by atoms with E-state index in [9.17, 15) is 9.18 Å². The van der Waals surface area contributed by atoms with Crippen LogP contribution >= 0.6 is 0 Å². The molecule has 7 heteroatoms.